The molecule has 16 nitrogen and oxygen atoms in total. The average Bonchev–Trinajstić information content (AvgIpc) is 4.11. The van der Waals surface area contributed by atoms with Crippen molar-refractivity contribution in [2.45, 2.75) is 141 Å². The van der Waals surface area contributed by atoms with Crippen LogP contribution in [0.2, 0.25) is 0 Å². The van der Waals surface area contributed by atoms with Gasteiger partial charge in [-0.05, 0) is 108 Å². The van der Waals surface area contributed by atoms with Gasteiger partial charge in [0.2, 0.25) is 27.7 Å². The van der Waals surface area contributed by atoms with Gasteiger partial charge in [0, 0.05) is 24.6 Å². The van der Waals surface area contributed by atoms with Crippen LogP contribution in [-0.2, 0) is 29.1 Å². The molecule has 3 N–H and O–H groups in total. The number of allylic oxidation sites excluding steroid dienone is 1. The largest absolute Gasteiger partial charge is 0.497 e. The molecule has 1 unspecified atom stereocenters. The normalized spacial score (nSPS) is 22.1. The molecule has 3 aliphatic rings. The lowest BCUT2D eigenvalue weighted by atomic mass is 10.0. The van der Waals surface area contributed by atoms with Gasteiger partial charge < -0.3 is 34.5 Å². The van der Waals surface area contributed by atoms with Crippen molar-refractivity contribution < 1.29 is 55.3 Å². The van der Waals surface area contributed by atoms with Crippen LogP contribution in [0.3, 0.4) is 0 Å². The van der Waals surface area contributed by atoms with Gasteiger partial charge in [0.15, 0.2) is 5.60 Å². The van der Waals surface area contributed by atoms with Gasteiger partial charge in [-0.25, -0.2) is 27.0 Å². The molecular weight excluding hydrogens is 867 g/mol. The summed E-state index contributed by atoms with van der Waals surface area (Å²) in [6, 6.07) is 7.93. The molecule has 1 aliphatic heterocycles. The standard InChI is InChI=1S/C46H60F2N6O10S/c1-11-12-13-29-23-46(29,41(57)53-65(59,60)44(8)18-19-44)52-38(55)36-22-32(25-54(36)40(56)37(26(2)3)51-42(58)64-43(6,7)45(9,47)48)63-39-33-16-14-30(61-10)20-28(33)21-35(50-39)34-17-15-31(24-49-34)62-27(4)5/h12-17,20-21,24,26-27,29,32,36-37H,11,18-19,22-23,25H2,1-10H3,(H,51,58)(H,52,55)(H,53,57)/b13-12-/t29-,32-,36+,37?,46-/m1/s1. The predicted molar refractivity (Wildman–Crippen MR) is 238 cm³/mol. The van der Waals surface area contributed by atoms with Crippen LogP contribution in [0.1, 0.15) is 94.4 Å². The Hall–Kier alpha value is -5.59. The number of nitrogens with one attached hydrogen (secondary N) is 3. The molecule has 1 saturated heterocycles. The summed E-state index contributed by atoms with van der Waals surface area (Å²) in [5, 5.41) is 6.51. The van der Waals surface area contributed by atoms with Gasteiger partial charge in [-0.2, -0.15) is 0 Å². The fraction of sp³-hybridized carbons (Fsp3) is 0.565. The van der Waals surface area contributed by atoms with Gasteiger partial charge in [-0.15, -0.1) is 0 Å². The lowest BCUT2D eigenvalue weighted by molar-refractivity contribution is -0.151. The number of sulfonamides is 1. The molecule has 5 atom stereocenters. The Morgan fingerprint density at radius 3 is 2.29 bits per heavy atom. The first-order chi connectivity index (χ1) is 30.3. The highest BCUT2D eigenvalue weighted by molar-refractivity contribution is 7.91. The Morgan fingerprint density at radius 1 is 1.02 bits per heavy atom. The number of hydrogen-bond donors (Lipinski definition) is 3. The Balaban J connectivity index is 1.35. The number of carbonyl (C=O) groups is 4. The number of halogens is 2. The molecule has 19 heteroatoms. The first kappa shape index (κ1) is 48.9. The lowest BCUT2D eigenvalue weighted by Crippen LogP contribution is -2.59. The van der Waals surface area contributed by atoms with Crippen molar-refractivity contribution in [2.75, 3.05) is 13.7 Å². The Bertz CT molecular complexity index is 2440. The van der Waals surface area contributed by atoms with Crippen molar-refractivity contribution in [3.63, 3.8) is 0 Å². The van der Waals surface area contributed by atoms with Crippen molar-refractivity contribution >= 4 is 44.6 Å². The van der Waals surface area contributed by atoms with Crippen LogP contribution < -0.4 is 29.6 Å². The summed E-state index contributed by atoms with van der Waals surface area (Å²) in [6.07, 6.45) is 4.22. The van der Waals surface area contributed by atoms with Crippen LogP contribution in [0.15, 0.2) is 54.7 Å². The minimum absolute atomic E-state index is 0.0716. The van der Waals surface area contributed by atoms with Crippen molar-refractivity contribution in [3.8, 4) is 28.8 Å². The van der Waals surface area contributed by atoms with Crippen molar-refractivity contribution in [1.82, 2.24) is 30.2 Å². The number of nitrogens with zero attached hydrogens (tertiary/aromatic N) is 3. The SMILES string of the molecule is CC/C=C\[C@@H]1C[C@]1(NC(=O)[C@@H]1C[C@@H](Oc2nc(-c3ccc(OC(C)C)cn3)cc3cc(OC)ccc23)CN1C(=O)C(NC(=O)OC(C)(C)C(C)(F)F)C(C)C)C(=O)NS(=O)(=O)C1(C)CC1. The molecule has 65 heavy (non-hydrogen) atoms. The van der Waals surface area contributed by atoms with E-state index in [0.29, 0.717) is 59.8 Å². The molecule has 2 aliphatic carbocycles. The summed E-state index contributed by atoms with van der Waals surface area (Å²) in [5.41, 5.74) is -2.96. The zero-order valence-electron chi connectivity index (χ0n) is 38.5. The highest BCUT2D eigenvalue weighted by Gasteiger charge is 2.63. The number of rotatable bonds is 18. The summed E-state index contributed by atoms with van der Waals surface area (Å²) in [6.45, 7) is 13.0. The highest BCUT2D eigenvalue weighted by Crippen LogP contribution is 2.47. The van der Waals surface area contributed by atoms with Gasteiger partial charge in [0.1, 0.15) is 35.2 Å². The molecule has 3 fully saturated rings. The van der Waals surface area contributed by atoms with E-state index in [0.717, 1.165) is 13.8 Å². The second kappa shape index (κ2) is 18.4. The number of hydrogen-bond acceptors (Lipinski definition) is 12. The number of aromatic nitrogens is 2. The molecule has 2 aromatic heterocycles. The molecule has 0 radical (unpaired) electrons. The van der Waals surface area contributed by atoms with Crippen LogP contribution >= 0.6 is 0 Å². The van der Waals surface area contributed by atoms with E-state index in [-0.39, 0.29) is 31.4 Å². The molecule has 6 rings (SSSR count). The van der Waals surface area contributed by atoms with E-state index < -0.39 is 85.7 Å². The quantitative estimate of drug-likeness (QED) is 0.118. The smallest absolute Gasteiger partial charge is 0.408 e. The van der Waals surface area contributed by atoms with Crippen LogP contribution in [0.5, 0.6) is 17.4 Å². The average molecular weight is 927 g/mol. The Morgan fingerprint density at radius 2 is 1.71 bits per heavy atom. The fourth-order valence-corrected chi connectivity index (χ4v) is 8.81. The molecule has 1 aromatic carbocycles. The topological polar surface area (TPSA) is 204 Å². The maximum atomic E-state index is 14.7. The minimum Gasteiger partial charge on any atom is -0.497 e. The van der Waals surface area contributed by atoms with Crippen molar-refractivity contribution in [1.29, 1.82) is 0 Å². The molecule has 0 spiro atoms. The number of alkyl carbamates (subject to hydrolysis) is 1. The van der Waals surface area contributed by atoms with Crippen LogP contribution in [0.4, 0.5) is 13.6 Å². The second-order valence-corrected chi connectivity index (χ2v) is 20.8. The maximum Gasteiger partial charge on any atom is 0.408 e. The van der Waals surface area contributed by atoms with E-state index in [1.165, 1.54) is 12.0 Å². The third-order valence-electron chi connectivity index (χ3n) is 12.3. The first-order valence-electron chi connectivity index (χ1n) is 21.9. The zero-order valence-corrected chi connectivity index (χ0v) is 39.3. The van der Waals surface area contributed by atoms with Gasteiger partial charge in [-0.3, -0.25) is 24.1 Å². The van der Waals surface area contributed by atoms with Crippen LogP contribution in [0, 0.1) is 11.8 Å². The van der Waals surface area contributed by atoms with E-state index in [4.69, 9.17) is 23.9 Å². The molecule has 3 aromatic rings. The second-order valence-electron chi connectivity index (χ2n) is 18.6. The maximum absolute atomic E-state index is 14.7. The minimum atomic E-state index is -4.09. The van der Waals surface area contributed by atoms with Crippen molar-refractivity contribution in [2.24, 2.45) is 11.8 Å². The van der Waals surface area contributed by atoms with E-state index in [1.807, 2.05) is 32.9 Å². The van der Waals surface area contributed by atoms with Gasteiger partial charge in [-0.1, -0.05) is 32.9 Å². The Kier molecular flexibility index (Phi) is 13.8. The number of pyridine rings is 2. The van der Waals surface area contributed by atoms with Crippen LogP contribution in [0.25, 0.3) is 22.2 Å². The molecule has 3 heterocycles. The summed E-state index contributed by atoms with van der Waals surface area (Å²) < 4.78 is 79.3. The summed E-state index contributed by atoms with van der Waals surface area (Å²) in [4.78, 5) is 67.1. The number of benzene rings is 1. The number of carbonyl (C=O) groups excluding carboxylic acids is 4. The molecule has 354 valence electrons. The predicted octanol–water partition coefficient (Wildman–Crippen LogP) is 6.47. The number of alkyl halides is 2. The number of fused-ring (bicyclic) bond motifs is 1. The van der Waals surface area contributed by atoms with Gasteiger partial charge in [0.25, 0.3) is 11.8 Å². The van der Waals surface area contributed by atoms with E-state index in [1.54, 1.807) is 63.4 Å². The summed E-state index contributed by atoms with van der Waals surface area (Å²) >= 11 is 0. The molecule has 4 amide bonds. The number of ether oxygens (including phenoxy) is 4. The van der Waals surface area contributed by atoms with Crippen molar-refractivity contribution in [3.05, 3.63) is 54.7 Å². The van der Waals surface area contributed by atoms with E-state index in [2.05, 4.69) is 20.3 Å². The molecular formula is C46H60F2N6O10S. The molecule has 0 bridgehead atoms. The zero-order chi connectivity index (χ0) is 47.9. The Labute approximate surface area is 378 Å². The number of methoxy groups -OCH3 is 1. The van der Waals surface area contributed by atoms with E-state index >= 15 is 0 Å². The third-order valence-corrected chi connectivity index (χ3v) is 14.5. The van der Waals surface area contributed by atoms with E-state index in [9.17, 15) is 36.4 Å². The first-order valence-corrected chi connectivity index (χ1v) is 23.3. The monoisotopic (exact) mass is 926 g/mol. The lowest BCUT2D eigenvalue weighted by Gasteiger charge is -2.34. The highest BCUT2D eigenvalue weighted by atomic mass is 32.2. The summed E-state index contributed by atoms with van der Waals surface area (Å²) in [5.74, 6) is -5.78. The fourth-order valence-electron chi connectivity index (χ4n) is 7.50. The molecule has 2 saturated carbocycles. The number of likely N-dealkylation sites (tertiary alicyclic amines) is 1. The van der Waals surface area contributed by atoms with Gasteiger partial charge in [0.05, 0.1) is 42.1 Å². The van der Waals surface area contributed by atoms with Gasteiger partial charge >= 0.3 is 6.09 Å². The number of amides is 4. The summed E-state index contributed by atoms with van der Waals surface area (Å²) in [7, 11) is -2.55. The van der Waals surface area contributed by atoms with Crippen LogP contribution in [-0.4, -0.2) is 107 Å². The third kappa shape index (κ3) is 10.6.